The Morgan fingerprint density at radius 3 is 2.64 bits per heavy atom. The van der Waals surface area contributed by atoms with E-state index in [4.69, 9.17) is 10.5 Å². The van der Waals surface area contributed by atoms with Crippen molar-refractivity contribution in [3.8, 4) is 0 Å². The van der Waals surface area contributed by atoms with Gasteiger partial charge in [-0.15, -0.1) is 0 Å². The highest BCUT2D eigenvalue weighted by molar-refractivity contribution is 5.78. The van der Waals surface area contributed by atoms with Gasteiger partial charge in [0.1, 0.15) is 0 Å². The SMILES string of the molecule is CCNC(=O)C(CN)CC(C)COC. The molecule has 1 amide bonds. The van der Waals surface area contributed by atoms with Crippen molar-refractivity contribution in [1.29, 1.82) is 0 Å². The van der Waals surface area contributed by atoms with Crippen molar-refractivity contribution >= 4 is 5.91 Å². The molecular formula is C10H22N2O2. The maximum atomic E-state index is 11.5. The molecule has 0 aliphatic heterocycles. The average molecular weight is 202 g/mol. The van der Waals surface area contributed by atoms with Crippen LogP contribution in [0.4, 0.5) is 0 Å². The Labute approximate surface area is 86.2 Å². The lowest BCUT2D eigenvalue weighted by atomic mass is 9.95. The Kier molecular flexibility index (Phi) is 7.42. The molecule has 0 radical (unpaired) electrons. The molecule has 0 bridgehead atoms. The van der Waals surface area contributed by atoms with Gasteiger partial charge in [-0.1, -0.05) is 6.92 Å². The fraction of sp³-hybridized carbons (Fsp3) is 0.900. The van der Waals surface area contributed by atoms with Crippen molar-refractivity contribution in [3.63, 3.8) is 0 Å². The van der Waals surface area contributed by atoms with E-state index in [2.05, 4.69) is 12.2 Å². The third kappa shape index (κ3) is 5.19. The molecule has 4 heteroatoms. The van der Waals surface area contributed by atoms with Gasteiger partial charge in [0, 0.05) is 26.8 Å². The van der Waals surface area contributed by atoms with Crippen LogP contribution in [0.25, 0.3) is 0 Å². The van der Waals surface area contributed by atoms with E-state index >= 15 is 0 Å². The Hall–Kier alpha value is -0.610. The highest BCUT2D eigenvalue weighted by Gasteiger charge is 2.18. The van der Waals surface area contributed by atoms with Crippen LogP contribution in [0.2, 0.25) is 0 Å². The molecule has 0 rings (SSSR count). The first kappa shape index (κ1) is 13.4. The van der Waals surface area contributed by atoms with E-state index < -0.39 is 0 Å². The summed E-state index contributed by atoms with van der Waals surface area (Å²) in [5.41, 5.74) is 5.55. The highest BCUT2D eigenvalue weighted by Crippen LogP contribution is 2.11. The maximum absolute atomic E-state index is 11.5. The molecule has 4 nitrogen and oxygen atoms in total. The summed E-state index contributed by atoms with van der Waals surface area (Å²) in [6.45, 7) is 5.71. The number of nitrogens with one attached hydrogen (secondary N) is 1. The Morgan fingerprint density at radius 2 is 2.21 bits per heavy atom. The molecule has 0 aliphatic carbocycles. The van der Waals surface area contributed by atoms with Crippen LogP contribution in [-0.4, -0.2) is 32.7 Å². The lowest BCUT2D eigenvalue weighted by Gasteiger charge is -2.18. The smallest absolute Gasteiger partial charge is 0.224 e. The summed E-state index contributed by atoms with van der Waals surface area (Å²) in [6, 6.07) is 0. The van der Waals surface area contributed by atoms with Crippen molar-refractivity contribution < 1.29 is 9.53 Å². The summed E-state index contributed by atoms with van der Waals surface area (Å²) in [4.78, 5) is 11.5. The van der Waals surface area contributed by atoms with E-state index in [-0.39, 0.29) is 11.8 Å². The molecule has 0 aromatic carbocycles. The second-order valence-corrected chi connectivity index (χ2v) is 3.62. The number of hydrogen-bond acceptors (Lipinski definition) is 3. The monoisotopic (exact) mass is 202 g/mol. The first-order chi connectivity index (χ1) is 6.65. The zero-order chi connectivity index (χ0) is 11.0. The molecule has 2 unspecified atom stereocenters. The molecule has 0 fully saturated rings. The lowest BCUT2D eigenvalue weighted by molar-refractivity contribution is -0.125. The third-order valence-electron chi connectivity index (χ3n) is 2.14. The first-order valence-corrected chi connectivity index (χ1v) is 5.12. The minimum atomic E-state index is -0.0832. The minimum Gasteiger partial charge on any atom is -0.384 e. The van der Waals surface area contributed by atoms with Gasteiger partial charge in [0.15, 0.2) is 0 Å². The topological polar surface area (TPSA) is 64.4 Å². The standard InChI is InChI=1S/C10H22N2O2/c1-4-12-10(13)9(6-11)5-8(2)7-14-3/h8-9H,4-7,11H2,1-3H3,(H,12,13). The third-order valence-corrected chi connectivity index (χ3v) is 2.14. The van der Waals surface area contributed by atoms with Crippen LogP contribution in [0.5, 0.6) is 0 Å². The number of ether oxygens (including phenoxy) is 1. The zero-order valence-corrected chi connectivity index (χ0v) is 9.38. The molecule has 0 saturated heterocycles. The second-order valence-electron chi connectivity index (χ2n) is 3.62. The van der Waals surface area contributed by atoms with Crippen LogP contribution in [0.15, 0.2) is 0 Å². The molecular weight excluding hydrogens is 180 g/mol. The summed E-state index contributed by atoms with van der Waals surface area (Å²) < 4.78 is 5.02. The van der Waals surface area contributed by atoms with Gasteiger partial charge < -0.3 is 15.8 Å². The van der Waals surface area contributed by atoms with Gasteiger partial charge in [-0.3, -0.25) is 4.79 Å². The molecule has 0 saturated carbocycles. The maximum Gasteiger partial charge on any atom is 0.224 e. The number of carbonyl (C=O) groups is 1. The van der Waals surface area contributed by atoms with Crippen molar-refractivity contribution in [2.24, 2.45) is 17.6 Å². The van der Waals surface area contributed by atoms with E-state index in [9.17, 15) is 4.79 Å². The van der Waals surface area contributed by atoms with Crippen molar-refractivity contribution in [1.82, 2.24) is 5.32 Å². The van der Waals surface area contributed by atoms with Crippen molar-refractivity contribution in [3.05, 3.63) is 0 Å². The Bertz CT molecular complexity index is 162. The second kappa shape index (κ2) is 7.76. The number of nitrogens with two attached hydrogens (primary N) is 1. The molecule has 0 spiro atoms. The fourth-order valence-corrected chi connectivity index (χ4v) is 1.47. The van der Waals surface area contributed by atoms with E-state index in [1.54, 1.807) is 7.11 Å². The molecule has 2 atom stereocenters. The van der Waals surface area contributed by atoms with Crippen molar-refractivity contribution in [2.75, 3.05) is 26.8 Å². The number of hydrogen-bond donors (Lipinski definition) is 2. The van der Waals surface area contributed by atoms with E-state index in [1.807, 2.05) is 6.92 Å². The van der Waals surface area contributed by atoms with Crippen LogP contribution in [0.3, 0.4) is 0 Å². The lowest BCUT2D eigenvalue weighted by Crippen LogP contribution is -2.36. The number of amides is 1. The molecule has 0 heterocycles. The normalized spacial score (nSPS) is 14.9. The number of methoxy groups -OCH3 is 1. The number of rotatable bonds is 7. The predicted octanol–water partition coefficient (Wildman–Crippen LogP) is 0.370. The average Bonchev–Trinajstić information content (AvgIpc) is 2.15. The Balaban J connectivity index is 3.94. The van der Waals surface area contributed by atoms with Gasteiger partial charge in [-0.05, 0) is 19.3 Å². The van der Waals surface area contributed by atoms with Crippen LogP contribution < -0.4 is 11.1 Å². The summed E-state index contributed by atoms with van der Waals surface area (Å²) in [5, 5.41) is 2.78. The van der Waals surface area contributed by atoms with Crippen LogP contribution in [-0.2, 0) is 9.53 Å². The summed E-state index contributed by atoms with van der Waals surface area (Å²) in [6.07, 6.45) is 0.788. The fourth-order valence-electron chi connectivity index (χ4n) is 1.47. The number of carbonyl (C=O) groups excluding carboxylic acids is 1. The largest absolute Gasteiger partial charge is 0.384 e. The molecule has 0 aliphatic rings. The summed E-state index contributed by atoms with van der Waals surface area (Å²) in [5.74, 6) is 0.342. The summed E-state index contributed by atoms with van der Waals surface area (Å²) in [7, 11) is 1.67. The molecule has 0 aromatic rings. The summed E-state index contributed by atoms with van der Waals surface area (Å²) >= 11 is 0. The minimum absolute atomic E-state index is 0.0537. The van der Waals surface area contributed by atoms with Gasteiger partial charge >= 0.3 is 0 Å². The molecule has 3 N–H and O–H groups in total. The quantitative estimate of drug-likeness (QED) is 0.627. The highest BCUT2D eigenvalue weighted by atomic mass is 16.5. The molecule has 0 aromatic heterocycles. The van der Waals surface area contributed by atoms with Crippen LogP contribution in [0, 0.1) is 11.8 Å². The van der Waals surface area contributed by atoms with Gasteiger partial charge in [0.2, 0.25) is 5.91 Å². The zero-order valence-electron chi connectivity index (χ0n) is 9.38. The van der Waals surface area contributed by atoms with Crippen molar-refractivity contribution in [2.45, 2.75) is 20.3 Å². The molecule has 14 heavy (non-hydrogen) atoms. The van der Waals surface area contributed by atoms with Crippen LogP contribution >= 0.6 is 0 Å². The first-order valence-electron chi connectivity index (χ1n) is 5.12. The van der Waals surface area contributed by atoms with Gasteiger partial charge in [0.25, 0.3) is 0 Å². The predicted molar refractivity (Wildman–Crippen MR) is 56.9 cm³/mol. The van der Waals surface area contributed by atoms with E-state index in [0.29, 0.717) is 25.6 Å². The molecule has 84 valence electrons. The van der Waals surface area contributed by atoms with Crippen LogP contribution in [0.1, 0.15) is 20.3 Å². The van der Waals surface area contributed by atoms with E-state index in [1.165, 1.54) is 0 Å². The van der Waals surface area contributed by atoms with E-state index in [0.717, 1.165) is 6.42 Å². The van der Waals surface area contributed by atoms with Gasteiger partial charge in [-0.2, -0.15) is 0 Å². The Morgan fingerprint density at radius 1 is 1.57 bits per heavy atom. The van der Waals surface area contributed by atoms with Gasteiger partial charge in [-0.25, -0.2) is 0 Å². The van der Waals surface area contributed by atoms with Gasteiger partial charge in [0.05, 0.1) is 5.92 Å².